The maximum absolute atomic E-state index is 13.5. The number of aromatic amines is 1. The van der Waals surface area contributed by atoms with Gasteiger partial charge in [0.05, 0.1) is 5.92 Å². The molecule has 0 fully saturated rings. The molecule has 1 N–H and O–H groups in total. The largest absolute Gasteiger partial charge is 0.361 e. The molecule has 0 saturated carbocycles. The van der Waals surface area contributed by atoms with Crippen LogP contribution in [-0.2, 0) is 0 Å². The van der Waals surface area contributed by atoms with Crippen molar-refractivity contribution < 1.29 is 13.7 Å². The molecule has 1 aromatic heterocycles. The molecule has 0 amide bonds. The van der Waals surface area contributed by atoms with Crippen LogP contribution in [0.2, 0.25) is 0 Å². The molecular weight excluding hydrogens is 290 g/mol. The van der Waals surface area contributed by atoms with Crippen molar-refractivity contribution in [1.29, 1.82) is 0 Å². The third-order valence-corrected chi connectivity index (χ3v) is 3.66. The summed E-state index contributed by atoms with van der Waals surface area (Å²) in [5, 5.41) is 11.6. The number of aromatic nitrogens is 1. The van der Waals surface area contributed by atoms with Crippen LogP contribution in [0.3, 0.4) is 0 Å². The summed E-state index contributed by atoms with van der Waals surface area (Å²) in [6.07, 6.45) is 1.64. The first-order valence-electron chi connectivity index (χ1n) is 6.68. The van der Waals surface area contributed by atoms with Gasteiger partial charge in [0, 0.05) is 22.0 Å². The Hall–Kier alpha value is -2.76. The summed E-state index contributed by atoms with van der Waals surface area (Å²) in [7, 11) is 0. The lowest BCUT2D eigenvalue weighted by molar-refractivity contribution is -0.481. The van der Waals surface area contributed by atoms with Crippen molar-refractivity contribution in [2.45, 2.75) is 5.92 Å². The molecule has 0 saturated heterocycles. The summed E-state index contributed by atoms with van der Waals surface area (Å²) in [6.45, 7) is -0.352. The van der Waals surface area contributed by atoms with E-state index in [1.165, 1.54) is 36.4 Å². The molecule has 1 atom stereocenters. The van der Waals surface area contributed by atoms with Crippen molar-refractivity contribution in [3.05, 3.63) is 81.5 Å². The van der Waals surface area contributed by atoms with E-state index in [4.69, 9.17) is 0 Å². The molecule has 3 aromatic rings. The van der Waals surface area contributed by atoms with E-state index in [0.717, 1.165) is 0 Å². The topological polar surface area (TPSA) is 58.9 Å². The molecule has 0 spiro atoms. The number of fused-ring (bicyclic) bond motifs is 1. The fourth-order valence-corrected chi connectivity index (χ4v) is 2.63. The zero-order valence-corrected chi connectivity index (χ0v) is 11.4. The van der Waals surface area contributed by atoms with E-state index in [1.54, 1.807) is 12.3 Å². The van der Waals surface area contributed by atoms with E-state index in [2.05, 4.69) is 4.98 Å². The highest BCUT2D eigenvalue weighted by molar-refractivity contribution is 5.84. The smallest absolute Gasteiger partial charge is 0.214 e. The van der Waals surface area contributed by atoms with Gasteiger partial charge in [0.25, 0.3) is 0 Å². The second-order valence-electron chi connectivity index (χ2n) is 5.05. The van der Waals surface area contributed by atoms with Crippen molar-refractivity contribution in [3.8, 4) is 0 Å². The van der Waals surface area contributed by atoms with Crippen molar-refractivity contribution in [2.75, 3.05) is 6.54 Å². The molecule has 3 rings (SSSR count). The second kappa shape index (κ2) is 5.55. The number of nitrogens with one attached hydrogen (secondary N) is 1. The molecule has 0 aliphatic rings. The fraction of sp³-hybridized carbons (Fsp3) is 0.125. The summed E-state index contributed by atoms with van der Waals surface area (Å²) in [5.41, 5.74) is 1.94. The number of H-pyrrole nitrogens is 1. The normalized spacial score (nSPS) is 12.5. The quantitative estimate of drug-likeness (QED) is 0.587. The van der Waals surface area contributed by atoms with Gasteiger partial charge in [-0.25, -0.2) is 8.78 Å². The van der Waals surface area contributed by atoms with Crippen LogP contribution in [0.15, 0.2) is 48.7 Å². The monoisotopic (exact) mass is 302 g/mol. The Morgan fingerprint density at radius 2 is 1.77 bits per heavy atom. The number of benzene rings is 2. The summed E-state index contributed by atoms with van der Waals surface area (Å²) in [6, 6.07) is 9.81. The maximum Gasteiger partial charge on any atom is 0.214 e. The minimum Gasteiger partial charge on any atom is -0.361 e. The molecule has 0 radical (unpaired) electrons. The zero-order chi connectivity index (χ0) is 15.7. The van der Waals surface area contributed by atoms with Gasteiger partial charge in [-0.15, -0.1) is 0 Å². The van der Waals surface area contributed by atoms with Crippen molar-refractivity contribution in [1.82, 2.24) is 4.98 Å². The highest BCUT2D eigenvalue weighted by Gasteiger charge is 2.23. The summed E-state index contributed by atoms with van der Waals surface area (Å²) in [4.78, 5) is 13.6. The second-order valence-corrected chi connectivity index (χ2v) is 5.05. The van der Waals surface area contributed by atoms with E-state index < -0.39 is 22.5 Å². The third kappa shape index (κ3) is 2.67. The fourth-order valence-electron chi connectivity index (χ4n) is 2.63. The van der Waals surface area contributed by atoms with Crippen molar-refractivity contribution in [2.24, 2.45) is 0 Å². The summed E-state index contributed by atoms with van der Waals surface area (Å²) in [5.74, 6) is -1.40. The van der Waals surface area contributed by atoms with E-state index in [9.17, 15) is 18.9 Å². The van der Waals surface area contributed by atoms with E-state index in [0.29, 0.717) is 22.0 Å². The maximum atomic E-state index is 13.5. The summed E-state index contributed by atoms with van der Waals surface area (Å²) < 4.78 is 26.5. The number of hydrogen-bond donors (Lipinski definition) is 1. The average Bonchev–Trinajstić information content (AvgIpc) is 2.88. The number of rotatable bonds is 4. The minimum absolute atomic E-state index is 0.352. The van der Waals surface area contributed by atoms with Crippen LogP contribution in [-0.4, -0.2) is 16.5 Å². The molecule has 0 aliphatic heterocycles. The summed E-state index contributed by atoms with van der Waals surface area (Å²) >= 11 is 0. The minimum atomic E-state index is -0.578. The van der Waals surface area contributed by atoms with Crippen LogP contribution in [0.5, 0.6) is 0 Å². The molecular formula is C16H12F2N2O2. The van der Waals surface area contributed by atoms with Crippen LogP contribution in [0.25, 0.3) is 10.9 Å². The van der Waals surface area contributed by atoms with Gasteiger partial charge in [0.1, 0.15) is 11.6 Å². The first-order valence-corrected chi connectivity index (χ1v) is 6.68. The molecule has 0 unspecified atom stereocenters. The highest BCUT2D eigenvalue weighted by Crippen LogP contribution is 2.31. The molecule has 0 aliphatic carbocycles. The van der Waals surface area contributed by atoms with Gasteiger partial charge in [-0.05, 0) is 41.5 Å². The molecule has 2 aromatic carbocycles. The Morgan fingerprint density at radius 1 is 1.09 bits per heavy atom. The standard InChI is InChI=1S/C16H12F2N2O2/c17-11-3-1-10(2-4-11)15(9-20(21)22)14-8-19-16-6-5-12(18)7-13(14)16/h1-8,15,19H,9H2/t15-/m1/s1. The van der Waals surface area contributed by atoms with Crippen molar-refractivity contribution in [3.63, 3.8) is 0 Å². The van der Waals surface area contributed by atoms with E-state index in [1.807, 2.05) is 0 Å². The molecule has 1 heterocycles. The predicted octanol–water partition coefficient (Wildman–Crippen LogP) is 3.85. The van der Waals surface area contributed by atoms with E-state index >= 15 is 0 Å². The lowest BCUT2D eigenvalue weighted by atomic mass is 9.91. The van der Waals surface area contributed by atoms with Gasteiger partial charge in [-0.3, -0.25) is 10.1 Å². The zero-order valence-electron chi connectivity index (χ0n) is 11.4. The molecule has 0 bridgehead atoms. The first-order chi connectivity index (χ1) is 10.5. The predicted molar refractivity (Wildman–Crippen MR) is 78.4 cm³/mol. The Kier molecular flexibility index (Phi) is 3.58. The van der Waals surface area contributed by atoms with E-state index in [-0.39, 0.29) is 6.54 Å². The number of halogens is 2. The van der Waals surface area contributed by atoms with Crippen LogP contribution in [0, 0.1) is 21.7 Å². The van der Waals surface area contributed by atoms with Gasteiger partial charge >= 0.3 is 0 Å². The number of nitro groups is 1. The molecule has 4 nitrogen and oxygen atoms in total. The lowest BCUT2D eigenvalue weighted by Crippen LogP contribution is -2.13. The van der Waals surface area contributed by atoms with Gasteiger partial charge in [-0.1, -0.05) is 12.1 Å². The Balaban J connectivity index is 2.13. The molecule has 112 valence electrons. The van der Waals surface area contributed by atoms with Crippen LogP contribution in [0.4, 0.5) is 8.78 Å². The van der Waals surface area contributed by atoms with Crippen LogP contribution in [0.1, 0.15) is 17.0 Å². The van der Waals surface area contributed by atoms with Gasteiger partial charge in [0.2, 0.25) is 6.54 Å². The molecule has 22 heavy (non-hydrogen) atoms. The average molecular weight is 302 g/mol. The van der Waals surface area contributed by atoms with Crippen LogP contribution >= 0.6 is 0 Å². The first kappa shape index (κ1) is 14.2. The SMILES string of the molecule is O=[N+]([O-])C[C@H](c1ccc(F)cc1)c1c[nH]c2ccc(F)cc12. The third-order valence-electron chi connectivity index (χ3n) is 3.66. The number of nitrogens with zero attached hydrogens (tertiary/aromatic N) is 1. The number of hydrogen-bond acceptors (Lipinski definition) is 2. The Morgan fingerprint density at radius 3 is 2.45 bits per heavy atom. The Labute approximate surface area is 124 Å². The highest BCUT2D eigenvalue weighted by atomic mass is 19.1. The van der Waals surface area contributed by atoms with Crippen molar-refractivity contribution >= 4 is 10.9 Å². The molecule has 6 heteroatoms. The lowest BCUT2D eigenvalue weighted by Gasteiger charge is -2.13. The van der Waals surface area contributed by atoms with Crippen LogP contribution < -0.4 is 0 Å². The van der Waals surface area contributed by atoms with Gasteiger partial charge in [0.15, 0.2) is 0 Å². The Bertz CT molecular complexity index is 828. The van der Waals surface area contributed by atoms with Gasteiger partial charge < -0.3 is 4.98 Å². The van der Waals surface area contributed by atoms with Gasteiger partial charge in [-0.2, -0.15) is 0 Å².